The molecule has 9 nitrogen and oxygen atoms in total. The Morgan fingerprint density at radius 3 is 2.18 bits per heavy atom. The highest BCUT2D eigenvalue weighted by molar-refractivity contribution is 6.30. The van der Waals surface area contributed by atoms with E-state index in [2.05, 4.69) is 15.6 Å². The Morgan fingerprint density at radius 2 is 1.58 bits per heavy atom. The van der Waals surface area contributed by atoms with Crippen molar-refractivity contribution in [2.75, 3.05) is 6.54 Å². The first-order valence-electron chi connectivity index (χ1n) is 12.1. The second-order valence-corrected chi connectivity index (χ2v) is 11.2. The van der Waals surface area contributed by atoms with Gasteiger partial charge in [0.25, 0.3) is 5.91 Å². The van der Waals surface area contributed by atoms with Gasteiger partial charge < -0.3 is 19.8 Å². The van der Waals surface area contributed by atoms with Gasteiger partial charge in [-0.3, -0.25) is 15.5 Å². The van der Waals surface area contributed by atoms with Crippen molar-refractivity contribution < 1.29 is 23.9 Å². The summed E-state index contributed by atoms with van der Waals surface area (Å²) in [4.78, 5) is 40.8. The molecular formula is C28H33ClN4O5. The fourth-order valence-electron chi connectivity index (χ4n) is 3.63. The van der Waals surface area contributed by atoms with E-state index < -0.39 is 23.3 Å². The highest BCUT2D eigenvalue weighted by atomic mass is 35.5. The van der Waals surface area contributed by atoms with Gasteiger partial charge in [0.05, 0.1) is 5.56 Å². The van der Waals surface area contributed by atoms with E-state index in [1.807, 2.05) is 12.1 Å². The van der Waals surface area contributed by atoms with Crippen LogP contribution in [0.1, 0.15) is 73.5 Å². The van der Waals surface area contributed by atoms with Crippen LogP contribution in [-0.4, -0.2) is 46.5 Å². The molecule has 0 aliphatic rings. The molecule has 10 heteroatoms. The lowest BCUT2D eigenvalue weighted by molar-refractivity contribution is 0.00629. The average molecular weight is 541 g/mol. The first-order valence-corrected chi connectivity index (χ1v) is 12.5. The highest BCUT2D eigenvalue weighted by Gasteiger charge is 2.27. The van der Waals surface area contributed by atoms with E-state index in [4.69, 9.17) is 26.5 Å². The lowest BCUT2D eigenvalue weighted by Crippen LogP contribution is -2.37. The van der Waals surface area contributed by atoms with E-state index in [-0.39, 0.29) is 23.0 Å². The van der Waals surface area contributed by atoms with Crippen molar-refractivity contribution >= 4 is 46.3 Å². The smallest absolute Gasteiger partial charge is 0.413 e. The number of alkyl carbamates (subject to hydrolysis) is 1. The Bertz CT molecular complexity index is 1360. The standard InChI is InChI=1S/C28H33ClN4O5/c1-27(2,3)37-25(35)22-21(23(30)33-26(36)38-28(4,5)6)19-15-16(7-12-20(19)32-22)13-14-31-24(34)17-8-10-18(29)11-9-17/h7-12,15,32H,13-14H2,1-6H3,(H,31,34)(H2,30,33,36). The van der Waals surface area contributed by atoms with Gasteiger partial charge in [0.15, 0.2) is 0 Å². The van der Waals surface area contributed by atoms with E-state index in [0.29, 0.717) is 34.5 Å². The molecule has 38 heavy (non-hydrogen) atoms. The van der Waals surface area contributed by atoms with Crippen LogP contribution in [0.2, 0.25) is 5.02 Å². The minimum absolute atomic E-state index is 0.0455. The molecule has 202 valence electrons. The number of amides is 2. The number of esters is 1. The van der Waals surface area contributed by atoms with Crippen LogP contribution in [-0.2, 0) is 15.9 Å². The predicted octanol–water partition coefficient (Wildman–Crippen LogP) is 5.60. The molecule has 0 atom stereocenters. The first-order chi connectivity index (χ1) is 17.6. The Hall–Kier alpha value is -3.85. The third-order valence-electron chi connectivity index (χ3n) is 5.15. The normalized spacial score (nSPS) is 11.7. The van der Waals surface area contributed by atoms with Crippen molar-refractivity contribution in [1.29, 1.82) is 5.41 Å². The van der Waals surface area contributed by atoms with Crippen LogP contribution in [0.25, 0.3) is 10.9 Å². The number of aromatic amines is 1. The number of H-pyrrole nitrogens is 1. The molecule has 0 fully saturated rings. The van der Waals surface area contributed by atoms with Gasteiger partial charge in [0.2, 0.25) is 0 Å². The number of carbonyl (C=O) groups excluding carboxylic acids is 3. The molecule has 2 aromatic carbocycles. The summed E-state index contributed by atoms with van der Waals surface area (Å²) in [7, 11) is 0. The van der Waals surface area contributed by atoms with Crippen LogP contribution in [0.5, 0.6) is 0 Å². The van der Waals surface area contributed by atoms with Crippen LogP contribution in [0.15, 0.2) is 42.5 Å². The van der Waals surface area contributed by atoms with Crippen LogP contribution in [0.3, 0.4) is 0 Å². The number of carbonyl (C=O) groups is 3. The number of nitrogens with one attached hydrogen (secondary N) is 4. The van der Waals surface area contributed by atoms with Gasteiger partial charge >= 0.3 is 12.1 Å². The summed E-state index contributed by atoms with van der Waals surface area (Å²) in [5.41, 5.74) is 0.653. The minimum Gasteiger partial charge on any atom is -0.455 e. The monoisotopic (exact) mass is 540 g/mol. The molecule has 3 aromatic rings. The van der Waals surface area contributed by atoms with E-state index in [0.717, 1.165) is 5.56 Å². The molecule has 3 rings (SSSR count). The maximum absolute atomic E-state index is 13.0. The van der Waals surface area contributed by atoms with Crippen molar-refractivity contribution in [1.82, 2.24) is 15.6 Å². The molecule has 0 aliphatic carbocycles. The minimum atomic E-state index is -0.812. The summed E-state index contributed by atoms with van der Waals surface area (Å²) in [5.74, 6) is -1.18. The van der Waals surface area contributed by atoms with Crippen LogP contribution < -0.4 is 10.6 Å². The highest BCUT2D eigenvalue weighted by Crippen LogP contribution is 2.26. The number of halogens is 1. The molecule has 2 amide bonds. The molecule has 4 N–H and O–H groups in total. The molecule has 0 bridgehead atoms. The van der Waals surface area contributed by atoms with Crippen LogP contribution in [0.4, 0.5) is 4.79 Å². The fourth-order valence-corrected chi connectivity index (χ4v) is 3.75. The number of ether oxygens (including phenoxy) is 2. The molecular weight excluding hydrogens is 508 g/mol. The number of hydrogen-bond donors (Lipinski definition) is 4. The quantitative estimate of drug-likeness (QED) is 0.183. The van der Waals surface area contributed by atoms with E-state index in [1.165, 1.54) is 0 Å². The largest absolute Gasteiger partial charge is 0.455 e. The number of aromatic nitrogens is 1. The predicted molar refractivity (Wildman–Crippen MR) is 147 cm³/mol. The van der Waals surface area contributed by atoms with Crippen LogP contribution >= 0.6 is 11.6 Å². The molecule has 1 heterocycles. The molecule has 0 spiro atoms. The first kappa shape index (κ1) is 28.7. The van der Waals surface area contributed by atoms with Crippen molar-refractivity contribution in [3.05, 3.63) is 69.9 Å². The number of amidine groups is 1. The van der Waals surface area contributed by atoms with E-state index in [1.54, 1.807) is 71.9 Å². The zero-order chi connectivity index (χ0) is 28.3. The molecule has 0 saturated heterocycles. The number of rotatable bonds is 6. The Balaban J connectivity index is 1.87. The molecule has 0 unspecified atom stereocenters. The second-order valence-electron chi connectivity index (χ2n) is 10.8. The Labute approximate surface area is 226 Å². The third-order valence-corrected chi connectivity index (χ3v) is 5.40. The zero-order valence-corrected chi connectivity index (χ0v) is 23.1. The summed E-state index contributed by atoms with van der Waals surface area (Å²) < 4.78 is 10.8. The van der Waals surface area contributed by atoms with Gasteiger partial charge in [-0.2, -0.15) is 0 Å². The van der Waals surface area contributed by atoms with Crippen molar-refractivity contribution in [3.8, 4) is 0 Å². The number of hydrogen-bond acceptors (Lipinski definition) is 6. The maximum Gasteiger partial charge on any atom is 0.413 e. The number of fused-ring (bicyclic) bond motifs is 1. The topological polar surface area (TPSA) is 133 Å². The molecule has 0 saturated carbocycles. The fraction of sp³-hybridized carbons (Fsp3) is 0.357. The maximum atomic E-state index is 13.0. The summed E-state index contributed by atoms with van der Waals surface area (Å²) in [6.07, 6.45) is -0.317. The van der Waals surface area contributed by atoms with Crippen molar-refractivity contribution in [3.63, 3.8) is 0 Å². The van der Waals surface area contributed by atoms with Crippen molar-refractivity contribution in [2.45, 2.75) is 59.2 Å². The summed E-state index contributed by atoms with van der Waals surface area (Å²) in [5, 5.41) is 15.0. The van der Waals surface area contributed by atoms with E-state index in [9.17, 15) is 14.4 Å². The summed E-state index contributed by atoms with van der Waals surface area (Å²) in [6, 6.07) is 12.1. The SMILES string of the molecule is CC(C)(C)OC(=O)NC(=N)c1c(C(=O)OC(C)(C)C)[nH]c2ccc(CCNC(=O)c3ccc(Cl)cc3)cc12. The van der Waals surface area contributed by atoms with Gasteiger partial charge in [-0.1, -0.05) is 17.7 Å². The Morgan fingerprint density at radius 1 is 0.947 bits per heavy atom. The van der Waals surface area contributed by atoms with Gasteiger partial charge in [0, 0.05) is 28.0 Å². The van der Waals surface area contributed by atoms with Crippen LogP contribution in [0, 0.1) is 5.41 Å². The molecule has 0 aliphatic heterocycles. The summed E-state index contributed by atoms with van der Waals surface area (Å²) >= 11 is 5.88. The van der Waals surface area contributed by atoms with E-state index >= 15 is 0 Å². The van der Waals surface area contributed by atoms with Gasteiger partial charge in [-0.25, -0.2) is 9.59 Å². The lowest BCUT2D eigenvalue weighted by Gasteiger charge is -2.21. The van der Waals surface area contributed by atoms with Gasteiger partial charge in [0.1, 0.15) is 22.7 Å². The van der Waals surface area contributed by atoms with Gasteiger partial charge in [-0.05, 0) is 89.9 Å². The number of benzene rings is 2. The van der Waals surface area contributed by atoms with Crippen molar-refractivity contribution in [2.24, 2.45) is 0 Å². The molecule has 0 radical (unpaired) electrons. The average Bonchev–Trinajstić information content (AvgIpc) is 3.16. The Kier molecular flexibility index (Phi) is 8.51. The van der Waals surface area contributed by atoms with Gasteiger partial charge in [-0.15, -0.1) is 0 Å². The molecule has 1 aromatic heterocycles. The third kappa shape index (κ3) is 7.82. The second kappa shape index (κ2) is 11.3. The summed E-state index contributed by atoms with van der Waals surface area (Å²) in [6.45, 7) is 10.7. The zero-order valence-electron chi connectivity index (χ0n) is 22.4. The lowest BCUT2D eigenvalue weighted by atomic mass is 10.0.